The van der Waals surface area contributed by atoms with E-state index in [4.69, 9.17) is 4.74 Å². The molecule has 1 saturated heterocycles. The van der Waals surface area contributed by atoms with Gasteiger partial charge in [0.05, 0.1) is 24.9 Å². The minimum Gasteiger partial charge on any atom is -0.370 e. The van der Waals surface area contributed by atoms with E-state index in [2.05, 4.69) is 23.8 Å². The van der Waals surface area contributed by atoms with E-state index in [0.29, 0.717) is 45.0 Å². The van der Waals surface area contributed by atoms with Gasteiger partial charge in [-0.1, -0.05) is 44.2 Å². The van der Waals surface area contributed by atoms with Gasteiger partial charge in [-0.2, -0.15) is 0 Å². The number of aryl methyl sites for hydroxylation is 1. The lowest BCUT2D eigenvalue weighted by molar-refractivity contribution is -0.139. The fourth-order valence-corrected chi connectivity index (χ4v) is 3.53. The van der Waals surface area contributed by atoms with E-state index in [0.717, 1.165) is 11.3 Å². The van der Waals surface area contributed by atoms with Gasteiger partial charge >= 0.3 is 0 Å². The van der Waals surface area contributed by atoms with Crippen LogP contribution in [-0.2, 0) is 27.4 Å². The maximum absolute atomic E-state index is 12.9. The number of carbonyl (C=O) groups is 2. The summed E-state index contributed by atoms with van der Waals surface area (Å²) in [5, 5.41) is 0. The summed E-state index contributed by atoms with van der Waals surface area (Å²) < 4.78 is 6.14. The Morgan fingerprint density at radius 3 is 2.70 bits per heavy atom. The van der Waals surface area contributed by atoms with E-state index in [-0.39, 0.29) is 24.5 Å². The molecule has 0 N–H and O–H groups in total. The molecule has 1 aliphatic rings. The first-order valence-corrected chi connectivity index (χ1v) is 10.5. The molecule has 2 heterocycles. The Labute approximate surface area is 178 Å². The summed E-state index contributed by atoms with van der Waals surface area (Å²) in [7, 11) is 0. The molecule has 1 fully saturated rings. The highest BCUT2D eigenvalue weighted by Crippen LogP contribution is 2.14. The van der Waals surface area contributed by atoms with Crippen molar-refractivity contribution >= 4 is 11.8 Å². The predicted molar refractivity (Wildman–Crippen MR) is 113 cm³/mol. The number of rotatable bonds is 8. The molecule has 7 nitrogen and oxygen atoms in total. The summed E-state index contributed by atoms with van der Waals surface area (Å²) in [6, 6.07) is 9.94. The lowest BCUT2D eigenvalue weighted by Crippen LogP contribution is -2.40. The fraction of sp³-hybridized carbons (Fsp3) is 0.478. The van der Waals surface area contributed by atoms with Gasteiger partial charge in [0.25, 0.3) is 0 Å². The number of hydrogen-bond donors (Lipinski definition) is 0. The highest BCUT2D eigenvalue weighted by atomic mass is 16.5. The first-order chi connectivity index (χ1) is 14.5. The summed E-state index contributed by atoms with van der Waals surface area (Å²) in [5.41, 5.74) is 1.84. The quantitative estimate of drug-likeness (QED) is 0.668. The second-order valence-corrected chi connectivity index (χ2v) is 8.08. The zero-order valence-electron chi connectivity index (χ0n) is 17.7. The van der Waals surface area contributed by atoms with Crippen LogP contribution < -0.4 is 0 Å². The summed E-state index contributed by atoms with van der Waals surface area (Å²) in [6.45, 7) is 6.29. The Morgan fingerprint density at radius 1 is 1.20 bits per heavy atom. The van der Waals surface area contributed by atoms with Crippen LogP contribution in [0.5, 0.6) is 0 Å². The fourth-order valence-electron chi connectivity index (χ4n) is 3.53. The van der Waals surface area contributed by atoms with Crippen LogP contribution in [0.1, 0.15) is 31.5 Å². The van der Waals surface area contributed by atoms with Crippen molar-refractivity contribution in [3.8, 4) is 0 Å². The number of ether oxygens (including phenoxy) is 1. The van der Waals surface area contributed by atoms with Gasteiger partial charge in [0.2, 0.25) is 11.8 Å². The third-order valence-corrected chi connectivity index (χ3v) is 5.01. The zero-order valence-corrected chi connectivity index (χ0v) is 17.7. The van der Waals surface area contributed by atoms with Crippen molar-refractivity contribution in [2.24, 2.45) is 5.92 Å². The van der Waals surface area contributed by atoms with Crippen LogP contribution in [0.25, 0.3) is 0 Å². The third kappa shape index (κ3) is 6.62. The number of hydrogen-bond acceptors (Lipinski definition) is 5. The van der Waals surface area contributed by atoms with Gasteiger partial charge in [-0.15, -0.1) is 0 Å². The SMILES string of the molecule is CC(C)CN1C[C@@H](OCc2ccccc2)CN(C(=O)CCc2cnccn2)CC1=O. The topological polar surface area (TPSA) is 75.6 Å². The van der Waals surface area contributed by atoms with Crippen molar-refractivity contribution in [2.75, 3.05) is 26.2 Å². The highest BCUT2D eigenvalue weighted by Gasteiger charge is 2.31. The van der Waals surface area contributed by atoms with Crippen molar-refractivity contribution in [3.05, 3.63) is 60.2 Å². The summed E-state index contributed by atoms with van der Waals surface area (Å²) in [5.74, 6) is 0.263. The molecule has 30 heavy (non-hydrogen) atoms. The second-order valence-electron chi connectivity index (χ2n) is 8.08. The molecular weight excluding hydrogens is 380 g/mol. The smallest absolute Gasteiger partial charge is 0.242 e. The van der Waals surface area contributed by atoms with Crippen LogP contribution in [0.2, 0.25) is 0 Å². The molecule has 0 unspecified atom stereocenters. The molecule has 1 atom stereocenters. The molecule has 2 aromatic rings. The summed E-state index contributed by atoms with van der Waals surface area (Å²) in [6.07, 6.45) is 5.46. The normalized spacial score (nSPS) is 17.3. The van der Waals surface area contributed by atoms with E-state index in [1.54, 1.807) is 23.5 Å². The molecule has 160 valence electrons. The molecule has 3 rings (SSSR count). The van der Waals surface area contributed by atoms with Gasteiger partial charge in [-0.05, 0) is 17.9 Å². The molecule has 1 aromatic heterocycles. The van der Waals surface area contributed by atoms with Crippen molar-refractivity contribution in [3.63, 3.8) is 0 Å². The average molecular weight is 411 g/mol. The van der Waals surface area contributed by atoms with Gasteiger partial charge < -0.3 is 14.5 Å². The second kappa shape index (κ2) is 10.8. The van der Waals surface area contributed by atoms with Gasteiger partial charge in [0.15, 0.2) is 0 Å². The molecule has 7 heteroatoms. The summed E-state index contributed by atoms with van der Waals surface area (Å²) >= 11 is 0. The van der Waals surface area contributed by atoms with Gasteiger partial charge in [-0.25, -0.2) is 0 Å². The Bertz CT molecular complexity index is 814. The van der Waals surface area contributed by atoms with Crippen LogP contribution in [-0.4, -0.2) is 63.9 Å². The van der Waals surface area contributed by atoms with Gasteiger partial charge in [0, 0.05) is 44.6 Å². The largest absolute Gasteiger partial charge is 0.370 e. The van der Waals surface area contributed by atoms with Gasteiger partial charge in [0.1, 0.15) is 0 Å². The van der Waals surface area contributed by atoms with Crippen LogP contribution in [0.4, 0.5) is 0 Å². The molecule has 1 aliphatic heterocycles. The van der Waals surface area contributed by atoms with Crippen LogP contribution in [0.15, 0.2) is 48.9 Å². The lowest BCUT2D eigenvalue weighted by atomic mass is 10.2. The monoisotopic (exact) mass is 410 g/mol. The van der Waals surface area contributed by atoms with E-state index in [1.165, 1.54) is 0 Å². The molecule has 0 bridgehead atoms. The first kappa shape index (κ1) is 21.9. The summed E-state index contributed by atoms with van der Waals surface area (Å²) in [4.78, 5) is 37.4. The van der Waals surface area contributed by atoms with Crippen LogP contribution >= 0.6 is 0 Å². The van der Waals surface area contributed by atoms with Gasteiger partial charge in [-0.3, -0.25) is 19.6 Å². The zero-order chi connectivity index (χ0) is 21.3. The van der Waals surface area contributed by atoms with Crippen molar-refractivity contribution in [1.82, 2.24) is 19.8 Å². The Hall–Kier alpha value is -2.80. The number of benzene rings is 1. The number of aromatic nitrogens is 2. The van der Waals surface area contributed by atoms with Crippen molar-refractivity contribution < 1.29 is 14.3 Å². The predicted octanol–water partition coefficient (Wildman–Crippen LogP) is 2.32. The molecule has 2 amide bonds. The molecule has 1 aromatic carbocycles. The Balaban J connectivity index is 1.65. The third-order valence-electron chi connectivity index (χ3n) is 5.01. The van der Waals surface area contributed by atoms with E-state index >= 15 is 0 Å². The maximum Gasteiger partial charge on any atom is 0.242 e. The molecule has 0 spiro atoms. The molecule has 0 aliphatic carbocycles. The standard InChI is InChI=1S/C23H30N4O3/c1-18(2)13-26-14-21(30-17-19-6-4-3-5-7-19)15-27(16-23(26)29)22(28)9-8-20-12-24-10-11-25-20/h3-7,10-12,18,21H,8-9,13-17H2,1-2H3/t21-/m1/s1. The van der Waals surface area contributed by atoms with E-state index < -0.39 is 0 Å². The van der Waals surface area contributed by atoms with Crippen molar-refractivity contribution in [1.29, 1.82) is 0 Å². The average Bonchev–Trinajstić information content (AvgIpc) is 2.90. The van der Waals surface area contributed by atoms with Crippen LogP contribution in [0, 0.1) is 5.92 Å². The Kier molecular flexibility index (Phi) is 7.90. The Morgan fingerprint density at radius 2 is 2.00 bits per heavy atom. The lowest BCUT2D eigenvalue weighted by Gasteiger charge is -2.26. The minimum absolute atomic E-state index is 0.0256. The first-order valence-electron chi connectivity index (χ1n) is 10.5. The van der Waals surface area contributed by atoms with Crippen molar-refractivity contribution in [2.45, 2.75) is 39.4 Å². The minimum atomic E-state index is -0.226. The van der Waals surface area contributed by atoms with E-state index in [1.807, 2.05) is 35.2 Å². The number of nitrogens with zero attached hydrogens (tertiary/aromatic N) is 4. The molecule has 0 radical (unpaired) electrons. The molecular formula is C23H30N4O3. The van der Waals surface area contributed by atoms with Crippen LogP contribution in [0.3, 0.4) is 0 Å². The van der Waals surface area contributed by atoms with E-state index in [9.17, 15) is 9.59 Å². The molecule has 0 saturated carbocycles. The maximum atomic E-state index is 12.9. The number of carbonyl (C=O) groups excluding carboxylic acids is 2. The highest BCUT2D eigenvalue weighted by molar-refractivity contribution is 5.85. The number of amides is 2.